The second-order valence-corrected chi connectivity index (χ2v) is 6.29. The second kappa shape index (κ2) is 8.42. The van der Waals surface area contributed by atoms with Crippen LogP contribution in [0.5, 0.6) is 0 Å². The van der Waals surface area contributed by atoms with Gasteiger partial charge in [-0.3, -0.25) is 4.79 Å². The number of ether oxygens (including phenoxy) is 1. The van der Waals surface area contributed by atoms with E-state index in [0.29, 0.717) is 11.1 Å². The Labute approximate surface area is 163 Å². The number of halogens is 4. The van der Waals surface area contributed by atoms with E-state index in [9.17, 15) is 22.4 Å². The summed E-state index contributed by atoms with van der Waals surface area (Å²) in [5.74, 6) is -1.23. The van der Waals surface area contributed by atoms with Gasteiger partial charge in [-0.2, -0.15) is 18.2 Å². The van der Waals surface area contributed by atoms with Gasteiger partial charge >= 0.3 is 12.1 Å². The van der Waals surface area contributed by atoms with E-state index in [1.165, 1.54) is 49.4 Å². The van der Waals surface area contributed by atoms with Crippen LogP contribution in [0.3, 0.4) is 0 Å². The zero-order chi connectivity index (χ0) is 21.0. The number of carbonyl (C=O) groups excluding carboxylic acids is 1. The van der Waals surface area contributed by atoms with E-state index in [2.05, 4.69) is 10.1 Å². The van der Waals surface area contributed by atoms with Crippen LogP contribution in [0.1, 0.15) is 29.5 Å². The average Bonchev–Trinajstić information content (AvgIpc) is 3.14. The Balaban J connectivity index is 1.64. The van der Waals surface area contributed by atoms with Crippen molar-refractivity contribution in [2.24, 2.45) is 0 Å². The summed E-state index contributed by atoms with van der Waals surface area (Å²) in [5, 5.41) is 3.71. The first-order valence-electron chi connectivity index (χ1n) is 8.64. The quantitative estimate of drug-likeness (QED) is 0.426. The van der Waals surface area contributed by atoms with Gasteiger partial charge in [0.05, 0.1) is 6.42 Å². The van der Waals surface area contributed by atoms with Crippen LogP contribution in [-0.4, -0.2) is 22.3 Å². The van der Waals surface area contributed by atoms with E-state index in [4.69, 9.17) is 9.26 Å². The summed E-state index contributed by atoms with van der Waals surface area (Å²) in [7, 11) is 0. The van der Waals surface area contributed by atoms with Gasteiger partial charge in [0.1, 0.15) is 5.82 Å². The van der Waals surface area contributed by atoms with Crippen molar-refractivity contribution in [3.05, 3.63) is 71.4 Å². The Bertz CT molecular complexity index is 984. The van der Waals surface area contributed by atoms with Crippen LogP contribution in [-0.2, 0) is 16.0 Å². The minimum atomic E-state index is -4.75. The first kappa shape index (κ1) is 20.5. The minimum Gasteiger partial charge on any atom is -0.448 e. The van der Waals surface area contributed by atoms with E-state index >= 15 is 0 Å². The van der Waals surface area contributed by atoms with Crippen molar-refractivity contribution in [1.29, 1.82) is 0 Å². The van der Waals surface area contributed by atoms with Gasteiger partial charge in [0, 0.05) is 17.5 Å². The van der Waals surface area contributed by atoms with Gasteiger partial charge in [0.25, 0.3) is 0 Å². The highest BCUT2D eigenvalue weighted by molar-refractivity contribution is 5.70. The smallest absolute Gasteiger partial charge is 0.429 e. The molecule has 0 spiro atoms. The summed E-state index contributed by atoms with van der Waals surface area (Å²) in [6, 6.07) is 11.2. The molecular formula is C20H16F4N2O3. The van der Waals surface area contributed by atoms with E-state index in [-0.39, 0.29) is 30.1 Å². The summed E-state index contributed by atoms with van der Waals surface area (Å²) >= 11 is 0. The molecule has 0 aliphatic heterocycles. The molecule has 0 aliphatic carbocycles. The highest BCUT2D eigenvalue weighted by Gasteiger charge is 2.44. The molecule has 0 saturated carbocycles. The fourth-order valence-electron chi connectivity index (χ4n) is 2.66. The molecule has 0 saturated heterocycles. The van der Waals surface area contributed by atoms with Crippen molar-refractivity contribution in [3.8, 4) is 11.4 Å². The Morgan fingerprint density at radius 1 is 1.14 bits per heavy atom. The summed E-state index contributed by atoms with van der Waals surface area (Å²) in [4.78, 5) is 16.1. The number of rotatable bonds is 6. The molecule has 2 aromatic carbocycles. The van der Waals surface area contributed by atoms with Gasteiger partial charge in [-0.1, -0.05) is 29.4 Å². The average molecular weight is 408 g/mol. The number of carbonyl (C=O) groups is 1. The molecular weight excluding hydrogens is 392 g/mol. The molecule has 1 heterocycles. The highest BCUT2D eigenvalue weighted by Crippen LogP contribution is 2.37. The van der Waals surface area contributed by atoms with Crippen LogP contribution < -0.4 is 0 Å². The van der Waals surface area contributed by atoms with Gasteiger partial charge in [0.2, 0.25) is 17.8 Å². The Hall–Kier alpha value is -3.23. The lowest BCUT2D eigenvalue weighted by Crippen LogP contribution is -2.27. The van der Waals surface area contributed by atoms with Crippen LogP contribution in [0.15, 0.2) is 53.1 Å². The molecule has 29 heavy (non-hydrogen) atoms. The summed E-state index contributed by atoms with van der Waals surface area (Å²) < 4.78 is 62.8. The zero-order valence-corrected chi connectivity index (χ0v) is 15.2. The van der Waals surface area contributed by atoms with Gasteiger partial charge in [-0.15, -0.1) is 0 Å². The van der Waals surface area contributed by atoms with Crippen LogP contribution in [0, 0.1) is 12.7 Å². The molecule has 3 aromatic rings. The van der Waals surface area contributed by atoms with Crippen LogP contribution in [0.25, 0.3) is 11.4 Å². The Morgan fingerprint density at radius 2 is 1.83 bits per heavy atom. The number of hydrogen-bond donors (Lipinski definition) is 0. The van der Waals surface area contributed by atoms with Gasteiger partial charge in [-0.25, -0.2) is 4.39 Å². The van der Waals surface area contributed by atoms with Crippen molar-refractivity contribution in [2.45, 2.75) is 32.0 Å². The second-order valence-electron chi connectivity index (χ2n) is 6.29. The van der Waals surface area contributed by atoms with Crippen molar-refractivity contribution in [2.75, 3.05) is 0 Å². The summed E-state index contributed by atoms with van der Waals surface area (Å²) in [5.41, 5.74) is 0.744. The number of nitrogens with zero attached hydrogens (tertiary/aromatic N) is 2. The number of benzene rings is 2. The molecule has 0 radical (unpaired) electrons. The zero-order valence-electron chi connectivity index (χ0n) is 15.2. The molecule has 3 rings (SSSR count). The lowest BCUT2D eigenvalue weighted by Gasteiger charge is -2.22. The maximum atomic E-state index is 13.4. The number of esters is 1. The van der Waals surface area contributed by atoms with Crippen molar-refractivity contribution in [1.82, 2.24) is 10.1 Å². The maximum Gasteiger partial charge on any atom is 0.429 e. The molecule has 5 nitrogen and oxygen atoms in total. The van der Waals surface area contributed by atoms with Crippen LogP contribution >= 0.6 is 0 Å². The van der Waals surface area contributed by atoms with E-state index in [1.807, 2.05) is 0 Å². The first-order chi connectivity index (χ1) is 13.7. The summed E-state index contributed by atoms with van der Waals surface area (Å²) in [6.07, 6.45) is -7.56. The molecule has 1 aromatic heterocycles. The standard InChI is InChI=1S/C20H16F4N2O3/c1-12-4-2-3-5-15(12)18(20(22,23)24)28-17(27)11-10-16-25-19(26-29-16)13-6-8-14(21)9-7-13/h2-9,18H,10-11H2,1H3/t18-/m1/s1. The number of aromatic nitrogens is 2. The Kier molecular flexibility index (Phi) is 5.95. The topological polar surface area (TPSA) is 65.2 Å². The molecule has 152 valence electrons. The molecule has 0 unspecified atom stereocenters. The lowest BCUT2D eigenvalue weighted by atomic mass is 10.0. The largest absolute Gasteiger partial charge is 0.448 e. The van der Waals surface area contributed by atoms with E-state index in [1.54, 1.807) is 6.07 Å². The molecule has 0 bridgehead atoms. The predicted molar refractivity (Wildman–Crippen MR) is 94.1 cm³/mol. The SMILES string of the molecule is Cc1ccccc1[C@@H](OC(=O)CCc1nc(-c2ccc(F)cc2)no1)C(F)(F)F. The van der Waals surface area contributed by atoms with E-state index < -0.39 is 24.1 Å². The number of alkyl halides is 3. The predicted octanol–water partition coefficient (Wildman–Crippen LogP) is 4.96. The van der Waals surface area contributed by atoms with Gasteiger partial charge in [-0.05, 0) is 36.8 Å². The highest BCUT2D eigenvalue weighted by atomic mass is 19.4. The number of hydrogen-bond acceptors (Lipinski definition) is 5. The van der Waals surface area contributed by atoms with Crippen molar-refractivity contribution >= 4 is 5.97 Å². The van der Waals surface area contributed by atoms with Gasteiger partial charge < -0.3 is 9.26 Å². The monoisotopic (exact) mass is 408 g/mol. The van der Waals surface area contributed by atoms with E-state index in [0.717, 1.165) is 0 Å². The first-order valence-corrected chi connectivity index (χ1v) is 8.64. The molecule has 0 amide bonds. The lowest BCUT2D eigenvalue weighted by molar-refractivity contribution is -0.224. The molecule has 0 aliphatic rings. The van der Waals surface area contributed by atoms with Crippen molar-refractivity contribution < 1.29 is 31.6 Å². The molecule has 1 atom stereocenters. The third-order valence-corrected chi connectivity index (χ3v) is 4.13. The van der Waals surface area contributed by atoms with Crippen molar-refractivity contribution in [3.63, 3.8) is 0 Å². The third kappa shape index (κ3) is 5.18. The fraction of sp³-hybridized carbons (Fsp3) is 0.250. The summed E-state index contributed by atoms with van der Waals surface area (Å²) in [6.45, 7) is 1.51. The maximum absolute atomic E-state index is 13.4. The number of aryl methyl sites for hydroxylation is 2. The fourth-order valence-corrected chi connectivity index (χ4v) is 2.66. The van der Waals surface area contributed by atoms with Gasteiger partial charge in [0.15, 0.2) is 0 Å². The Morgan fingerprint density at radius 3 is 2.48 bits per heavy atom. The minimum absolute atomic E-state index is 0.0562. The molecule has 0 N–H and O–H groups in total. The molecule has 0 fully saturated rings. The third-order valence-electron chi connectivity index (χ3n) is 4.13. The van der Waals surface area contributed by atoms with Crippen LogP contribution in [0.4, 0.5) is 17.6 Å². The normalized spacial score (nSPS) is 12.6. The molecule has 9 heteroatoms. The van der Waals surface area contributed by atoms with Crippen LogP contribution in [0.2, 0.25) is 0 Å².